The minimum absolute atomic E-state index is 0.0106. The summed E-state index contributed by atoms with van der Waals surface area (Å²) in [7, 11) is 1.63. The molecule has 25 heavy (non-hydrogen) atoms. The van der Waals surface area contributed by atoms with Crippen molar-refractivity contribution in [1.29, 1.82) is 0 Å². The fourth-order valence-corrected chi connectivity index (χ4v) is 2.88. The van der Waals surface area contributed by atoms with Gasteiger partial charge in [-0.25, -0.2) is 9.36 Å². The van der Waals surface area contributed by atoms with E-state index in [1.807, 2.05) is 0 Å². The van der Waals surface area contributed by atoms with Gasteiger partial charge in [0.2, 0.25) is 5.91 Å². The van der Waals surface area contributed by atoms with Crippen LogP contribution in [0.2, 0.25) is 0 Å². The molecule has 2 aromatic heterocycles. The minimum atomic E-state index is -0.118. The zero-order valence-electron chi connectivity index (χ0n) is 14.4. The molecular formula is C15H22N8O2. The van der Waals surface area contributed by atoms with Crippen LogP contribution in [-0.2, 0) is 18.4 Å². The van der Waals surface area contributed by atoms with Crippen molar-refractivity contribution < 1.29 is 4.79 Å². The molecule has 2 aromatic rings. The summed E-state index contributed by atoms with van der Waals surface area (Å²) in [4.78, 5) is 25.8. The molecule has 0 aliphatic carbocycles. The van der Waals surface area contributed by atoms with E-state index in [1.165, 1.54) is 4.68 Å². The summed E-state index contributed by atoms with van der Waals surface area (Å²) >= 11 is 0. The van der Waals surface area contributed by atoms with Crippen LogP contribution in [0.15, 0.2) is 17.1 Å². The van der Waals surface area contributed by atoms with Gasteiger partial charge < -0.3 is 10.2 Å². The second kappa shape index (κ2) is 7.41. The fraction of sp³-hybridized carbons (Fsp3) is 0.600. The number of nitrogens with one attached hydrogen (secondary N) is 1. The normalized spacial score (nSPS) is 17.0. The first-order valence-corrected chi connectivity index (χ1v) is 8.30. The van der Waals surface area contributed by atoms with Crippen molar-refractivity contribution in [2.75, 3.05) is 24.5 Å². The van der Waals surface area contributed by atoms with Crippen molar-refractivity contribution in [2.24, 2.45) is 13.0 Å². The molecule has 0 saturated carbocycles. The van der Waals surface area contributed by atoms with E-state index in [4.69, 9.17) is 0 Å². The number of aromatic nitrogens is 6. The van der Waals surface area contributed by atoms with Gasteiger partial charge in [0, 0.05) is 39.2 Å². The van der Waals surface area contributed by atoms with Crippen LogP contribution in [0.3, 0.4) is 0 Å². The van der Waals surface area contributed by atoms with Gasteiger partial charge in [-0.3, -0.25) is 9.59 Å². The maximum absolute atomic E-state index is 12.0. The van der Waals surface area contributed by atoms with Crippen molar-refractivity contribution >= 4 is 11.6 Å². The lowest BCUT2D eigenvalue weighted by molar-refractivity contribution is -0.121. The Bertz CT molecular complexity index is 799. The van der Waals surface area contributed by atoms with Gasteiger partial charge in [0.15, 0.2) is 0 Å². The lowest BCUT2D eigenvalue weighted by Gasteiger charge is -2.18. The highest BCUT2D eigenvalue weighted by atomic mass is 16.1. The van der Waals surface area contributed by atoms with E-state index < -0.39 is 0 Å². The molecule has 1 fully saturated rings. The van der Waals surface area contributed by atoms with Crippen molar-refractivity contribution in [2.45, 2.75) is 26.3 Å². The topological polar surface area (TPSA) is 111 Å². The van der Waals surface area contributed by atoms with Gasteiger partial charge in [-0.15, -0.1) is 5.10 Å². The predicted molar refractivity (Wildman–Crippen MR) is 90.0 cm³/mol. The number of hydrogen-bond donors (Lipinski definition) is 1. The Morgan fingerprint density at radius 1 is 1.44 bits per heavy atom. The lowest BCUT2D eigenvalue weighted by atomic mass is 10.1. The van der Waals surface area contributed by atoms with E-state index in [9.17, 15) is 9.59 Å². The SMILES string of the molecule is Cc1nnnn1CCC(=O)NC[C@@H]1CCN(c2cnn(C)c(=O)c2)C1. The summed E-state index contributed by atoms with van der Waals surface area (Å²) in [6, 6.07) is 1.60. The molecule has 134 valence electrons. The summed E-state index contributed by atoms with van der Waals surface area (Å²) in [6.07, 6.45) is 3.03. The van der Waals surface area contributed by atoms with E-state index >= 15 is 0 Å². The number of carbonyl (C=O) groups is 1. The molecule has 0 bridgehead atoms. The molecule has 1 N–H and O–H groups in total. The monoisotopic (exact) mass is 346 g/mol. The molecule has 1 aliphatic heterocycles. The first-order valence-electron chi connectivity index (χ1n) is 8.30. The van der Waals surface area contributed by atoms with Crippen molar-refractivity contribution in [3.63, 3.8) is 0 Å². The standard InChI is InChI=1S/C15H22N8O2/c1-11-18-19-20-23(11)6-4-14(24)16-8-12-3-5-22(10-12)13-7-15(25)21(2)17-9-13/h7,9,12H,3-6,8,10H2,1-2H3,(H,16,24)/t12-/m0/s1. The number of anilines is 1. The Kier molecular flexibility index (Phi) is 5.05. The number of amides is 1. The highest BCUT2D eigenvalue weighted by Gasteiger charge is 2.23. The number of hydrogen-bond acceptors (Lipinski definition) is 7. The molecule has 3 heterocycles. The van der Waals surface area contributed by atoms with E-state index in [0.717, 1.165) is 25.2 Å². The highest BCUT2D eigenvalue weighted by Crippen LogP contribution is 2.21. The minimum Gasteiger partial charge on any atom is -0.370 e. The zero-order valence-corrected chi connectivity index (χ0v) is 14.4. The number of rotatable bonds is 6. The zero-order chi connectivity index (χ0) is 17.8. The Hall–Kier alpha value is -2.78. The van der Waals surface area contributed by atoms with Gasteiger partial charge in [0.05, 0.1) is 18.4 Å². The Labute approximate surface area is 144 Å². The maximum Gasteiger partial charge on any atom is 0.268 e. The van der Waals surface area contributed by atoms with Crippen molar-refractivity contribution in [3.8, 4) is 0 Å². The number of aryl methyl sites for hydroxylation is 3. The van der Waals surface area contributed by atoms with Crippen LogP contribution in [0.4, 0.5) is 5.69 Å². The van der Waals surface area contributed by atoms with Gasteiger partial charge in [-0.1, -0.05) is 0 Å². The predicted octanol–water partition coefficient (Wildman–Crippen LogP) is -0.892. The molecule has 10 nitrogen and oxygen atoms in total. The molecular weight excluding hydrogens is 324 g/mol. The van der Waals surface area contributed by atoms with E-state index in [0.29, 0.717) is 31.3 Å². The number of carbonyl (C=O) groups excluding carboxylic acids is 1. The number of nitrogens with zero attached hydrogens (tertiary/aromatic N) is 7. The Balaban J connectivity index is 1.43. The van der Waals surface area contributed by atoms with E-state index in [1.54, 1.807) is 30.9 Å². The first-order chi connectivity index (χ1) is 12.0. The molecule has 10 heteroatoms. The molecule has 1 atom stereocenters. The third kappa shape index (κ3) is 4.20. The van der Waals surface area contributed by atoms with Gasteiger partial charge in [0.1, 0.15) is 5.82 Å². The van der Waals surface area contributed by atoms with Crippen molar-refractivity contribution in [3.05, 3.63) is 28.4 Å². The lowest BCUT2D eigenvalue weighted by Crippen LogP contribution is -2.32. The largest absolute Gasteiger partial charge is 0.370 e. The summed E-state index contributed by atoms with van der Waals surface area (Å²) in [5.41, 5.74) is 0.721. The van der Waals surface area contributed by atoms with E-state index in [2.05, 4.69) is 30.8 Å². The molecule has 1 saturated heterocycles. The number of tetrazole rings is 1. The summed E-state index contributed by atoms with van der Waals surface area (Å²) < 4.78 is 2.92. The summed E-state index contributed by atoms with van der Waals surface area (Å²) in [5.74, 6) is 1.05. The molecule has 3 rings (SSSR count). The van der Waals surface area contributed by atoms with Crippen LogP contribution < -0.4 is 15.8 Å². The van der Waals surface area contributed by atoms with E-state index in [-0.39, 0.29) is 11.5 Å². The van der Waals surface area contributed by atoms with Gasteiger partial charge >= 0.3 is 0 Å². The van der Waals surface area contributed by atoms with Crippen LogP contribution in [-0.4, -0.2) is 55.5 Å². The second-order valence-corrected chi connectivity index (χ2v) is 6.28. The smallest absolute Gasteiger partial charge is 0.268 e. The molecule has 0 unspecified atom stereocenters. The molecule has 1 amide bonds. The Morgan fingerprint density at radius 3 is 3.00 bits per heavy atom. The average Bonchev–Trinajstić information content (AvgIpc) is 3.22. The van der Waals surface area contributed by atoms with Gasteiger partial charge in [0.25, 0.3) is 5.56 Å². The molecule has 1 aliphatic rings. The second-order valence-electron chi connectivity index (χ2n) is 6.28. The summed E-state index contributed by atoms with van der Waals surface area (Å²) in [6.45, 7) is 4.57. The van der Waals surface area contributed by atoms with Crippen LogP contribution in [0.25, 0.3) is 0 Å². The molecule has 0 aromatic carbocycles. The van der Waals surface area contributed by atoms with Crippen LogP contribution in [0.1, 0.15) is 18.7 Å². The van der Waals surface area contributed by atoms with Gasteiger partial charge in [-0.05, 0) is 29.7 Å². The van der Waals surface area contributed by atoms with Crippen LogP contribution in [0, 0.1) is 12.8 Å². The fourth-order valence-electron chi connectivity index (χ4n) is 2.88. The third-order valence-electron chi connectivity index (χ3n) is 4.45. The quantitative estimate of drug-likeness (QED) is 0.722. The third-order valence-corrected chi connectivity index (χ3v) is 4.45. The summed E-state index contributed by atoms with van der Waals surface area (Å²) in [5, 5.41) is 18.2. The molecule has 0 radical (unpaired) electrons. The van der Waals surface area contributed by atoms with Crippen molar-refractivity contribution in [1.82, 2.24) is 35.3 Å². The van der Waals surface area contributed by atoms with Gasteiger partial charge in [-0.2, -0.15) is 5.10 Å². The Morgan fingerprint density at radius 2 is 2.28 bits per heavy atom. The average molecular weight is 346 g/mol. The molecule has 0 spiro atoms. The first kappa shape index (κ1) is 17.1. The van der Waals surface area contributed by atoms with Crippen LogP contribution >= 0.6 is 0 Å². The highest BCUT2D eigenvalue weighted by molar-refractivity contribution is 5.75. The maximum atomic E-state index is 12.0. The van der Waals surface area contributed by atoms with Crippen LogP contribution in [0.5, 0.6) is 0 Å².